The van der Waals surface area contributed by atoms with Gasteiger partial charge in [0, 0.05) is 25.2 Å². The third kappa shape index (κ3) is 2.57. The Morgan fingerprint density at radius 2 is 2.10 bits per heavy atom. The molecule has 20 heavy (non-hydrogen) atoms. The number of hydrogen-bond acceptors (Lipinski definition) is 4. The summed E-state index contributed by atoms with van der Waals surface area (Å²) in [5.41, 5.74) is 0.726. The average Bonchev–Trinajstić information content (AvgIpc) is 2.37. The number of hydrogen-bond donors (Lipinski definition) is 1. The lowest BCUT2D eigenvalue weighted by molar-refractivity contribution is 0.186. The zero-order chi connectivity index (χ0) is 15.0. The standard InChI is InChI=1S/C14H19N3O2S/c1-11-8-13(5-4-12(11)9-15)20(18,19)17-7-6-16-10-14(17,2)3/h4-5,8,16H,6-7,10H2,1-3H3. The maximum atomic E-state index is 12.8. The Kier molecular flexibility index (Phi) is 3.87. The van der Waals surface area contributed by atoms with Crippen LogP contribution in [0.1, 0.15) is 25.0 Å². The van der Waals surface area contributed by atoms with Gasteiger partial charge in [0.1, 0.15) is 0 Å². The molecule has 0 aromatic heterocycles. The Morgan fingerprint density at radius 1 is 1.40 bits per heavy atom. The fraction of sp³-hybridized carbons (Fsp3) is 0.500. The lowest BCUT2D eigenvalue weighted by atomic mass is 10.0. The first-order chi connectivity index (χ1) is 9.29. The first kappa shape index (κ1) is 15.0. The van der Waals surface area contributed by atoms with Crippen LogP contribution in [0, 0.1) is 18.3 Å². The normalized spacial score (nSPS) is 19.5. The third-order valence-electron chi connectivity index (χ3n) is 3.63. The fourth-order valence-electron chi connectivity index (χ4n) is 2.46. The van der Waals surface area contributed by atoms with Crippen LogP contribution in [0.4, 0.5) is 0 Å². The number of nitriles is 1. The van der Waals surface area contributed by atoms with E-state index in [-0.39, 0.29) is 4.90 Å². The number of benzene rings is 1. The molecule has 1 N–H and O–H groups in total. The Hall–Kier alpha value is -1.42. The predicted molar refractivity (Wildman–Crippen MR) is 76.7 cm³/mol. The van der Waals surface area contributed by atoms with Crippen LogP contribution in [-0.4, -0.2) is 37.9 Å². The van der Waals surface area contributed by atoms with Crippen molar-refractivity contribution >= 4 is 10.0 Å². The molecule has 0 saturated carbocycles. The number of nitrogens with one attached hydrogen (secondary N) is 1. The minimum Gasteiger partial charge on any atom is -0.314 e. The van der Waals surface area contributed by atoms with Crippen LogP contribution < -0.4 is 5.32 Å². The second kappa shape index (κ2) is 5.17. The summed E-state index contributed by atoms with van der Waals surface area (Å²) < 4.78 is 27.1. The van der Waals surface area contributed by atoms with Crippen LogP contribution in [0.5, 0.6) is 0 Å². The van der Waals surface area contributed by atoms with E-state index in [2.05, 4.69) is 11.4 Å². The van der Waals surface area contributed by atoms with E-state index in [4.69, 9.17) is 5.26 Å². The highest BCUT2D eigenvalue weighted by atomic mass is 32.2. The van der Waals surface area contributed by atoms with Gasteiger partial charge in [-0.1, -0.05) is 0 Å². The van der Waals surface area contributed by atoms with E-state index in [1.54, 1.807) is 19.1 Å². The van der Waals surface area contributed by atoms with Crippen LogP contribution in [0.2, 0.25) is 0 Å². The summed E-state index contributed by atoms with van der Waals surface area (Å²) in [4.78, 5) is 0.254. The SMILES string of the molecule is Cc1cc(S(=O)(=O)N2CCNCC2(C)C)ccc1C#N. The highest BCUT2D eigenvalue weighted by Crippen LogP contribution is 2.26. The first-order valence-corrected chi connectivity index (χ1v) is 7.97. The first-order valence-electron chi connectivity index (χ1n) is 6.53. The van der Waals surface area contributed by atoms with Gasteiger partial charge in [-0.05, 0) is 44.5 Å². The second-order valence-corrected chi connectivity index (χ2v) is 7.52. The highest BCUT2D eigenvalue weighted by Gasteiger charge is 2.38. The minimum absolute atomic E-state index is 0.254. The summed E-state index contributed by atoms with van der Waals surface area (Å²) in [6, 6.07) is 6.71. The van der Waals surface area contributed by atoms with Gasteiger partial charge < -0.3 is 5.32 Å². The fourth-order valence-corrected chi connectivity index (χ4v) is 4.33. The molecule has 1 saturated heterocycles. The molecule has 1 aromatic carbocycles. The molecule has 5 nitrogen and oxygen atoms in total. The average molecular weight is 293 g/mol. The van der Waals surface area contributed by atoms with Crippen molar-refractivity contribution in [2.24, 2.45) is 0 Å². The largest absolute Gasteiger partial charge is 0.314 e. The summed E-state index contributed by atoms with van der Waals surface area (Å²) in [5, 5.41) is 12.1. The molecule has 1 aliphatic rings. The summed E-state index contributed by atoms with van der Waals surface area (Å²) in [7, 11) is -3.53. The van der Waals surface area contributed by atoms with Crippen LogP contribution in [-0.2, 0) is 10.0 Å². The van der Waals surface area contributed by atoms with Crippen molar-refractivity contribution in [1.82, 2.24) is 9.62 Å². The van der Waals surface area contributed by atoms with Crippen LogP contribution in [0.3, 0.4) is 0 Å². The molecule has 0 unspecified atom stereocenters. The maximum Gasteiger partial charge on any atom is 0.243 e. The van der Waals surface area contributed by atoms with Crippen LogP contribution in [0.25, 0.3) is 0 Å². The van der Waals surface area contributed by atoms with Crippen molar-refractivity contribution in [3.8, 4) is 6.07 Å². The lowest BCUT2D eigenvalue weighted by Gasteiger charge is -2.41. The van der Waals surface area contributed by atoms with Crippen molar-refractivity contribution in [1.29, 1.82) is 5.26 Å². The van der Waals surface area contributed by atoms with Gasteiger partial charge in [-0.15, -0.1) is 0 Å². The van der Waals surface area contributed by atoms with E-state index in [1.807, 2.05) is 13.8 Å². The monoisotopic (exact) mass is 293 g/mol. The Balaban J connectivity index is 2.45. The van der Waals surface area contributed by atoms with E-state index < -0.39 is 15.6 Å². The summed E-state index contributed by atoms with van der Waals surface area (Å²) >= 11 is 0. The van der Waals surface area contributed by atoms with Gasteiger partial charge in [-0.2, -0.15) is 9.57 Å². The molecule has 2 rings (SSSR count). The van der Waals surface area contributed by atoms with E-state index in [0.29, 0.717) is 30.8 Å². The van der Waals surface area contributed by atoms with Crippen molar-refractivity contribution in [2.75, 3.05) is 19.6 Å². The van der Waals surface area contributed by atoms with E-state index in [1.165, 1.54) is 10.4 Å². The Labute approximate surface area is 120 Å². The molecule has 1 aliphatic heterocycles. The molecule has 0 atom stereocenters. The molecule has 0 spiro atoms. The number of piperazine rings is 1. The molecule has 0 amide bonds. The summed E-state index contributed by atoms with van der Waals surface area (Å²) in [6.45, 7) is 7.30. The predicted octanol–water partition coefficient (Wildman–Crippen LogP) is 1.24. The van der Waals surface area contributed by atoms with Gasteiger partial charge in [0.05, 0.1) is 16.5 Å². The molecule has 0 aliphatic carbocycles. The molecular weight excluding hydrogens is 274 g/mol. The van der Waals surface area contributed by atoms with E-state index in [0.717, 1.165) is 0 Å². The zero-order valence-electron chi connectivity index (χ0n) is 12.0. The molecule has 6 heteroatoms. The molecule has 1 aromatic rings. The summed E-state index contributed by atoms with van der Waals surface area (Å²) in [5.74, 6) is 0. The number of rotatable bonds is 2. The van der Waals surface area contributed by atoms with Gasteiger partial charge in [-0.25, -0.2) is 8.42 Å². The quantitative estimate of drug-likeness (QED) is 0.890. The number of nitrogens with zero attached hydrogens (tertiary/aromatic N) is 2. The van der Waals surface area contributed by atoms with Gasteiger partial charge >= 0.3 is 0 Å². The smallest absolute Gasteiger partial charge is 0.243 e. The second-order valence-electron chi connectivity index (χ2n) is 5.65. The molecule has 108 valence electrons. The van der Waals surface area contributed by atoms with Crippen molar-refractivity contribution in [2.45, 2.75) is 31.2 Å². The summed E-state index contributed by atoms with van der Waals surface area (Å²) in [6.07, 6.45) is 0. The number of sulfonamides is 1. The lowest BCUT2D eigenvalue weighted by Crippen LogP contribution is -2.59. The highest BCUT2D eigenvalue weighted by molar-refractivity contribution is 7.89. The number of aryl methyl sites for hydroxylation is 1. The molecule has 0 bridgehead atoms. The molecule has 1 fully saturated rings. The Bertz CT molecular complexity index is 659. The third-order valence-corrected chi connectivity index (χ3v) is 5.74. The van der Waals surface area contributed by atoms with Crippen LogP contribution in [0.15, 0.2) is 23.1 Å². The molecule has 0 radical (unpaired) electrons. The zero-order valence-corrected chi connectivity index (χ0v) is 12.8. The van der Waals surface area contributed by atoms with Gasteiger partial charge in [0.15, 0.2) is 0 Å². The van der Waals surface area contributed by atoms with Gasteiger partial charge in [0.25, 0.3) is 0 Å². The topological polar surface area (TPSA) is 73.2 Å². The van der Waals surface area contributed by atoms with Gasteiger partial charge in [0.2, 0.25) is 10.0 Å². The van der Waals surface area contributed by atoms with Crippen molar-refractivity contribution in [3.05, 3.63) is 29.3 Å². The minimum atomic E-state index is -3.53. The van der Waals surface area contributed by atoms with Crippen molar-refractivity contribution < 1.29 is 8.42 Å². The van der Waals surface area contributed by atoms with E-state index >= 15 is 0 Å². The maximum absolute atomic E-state index is 12.8. The van der Waals surface area contributed by atoms with Gasteiger partial charge in [-0.3, -0.25) is 0 Å². The Morgan fingerprint density at radius 3 is 2.65 bits per heavy atom. The molecule has 1 heterocycles. The van der Waals surface area contributed by atoms with Crippen molar-refractivity contribution in [3.63, 3.8) is 0 Å². The van der Waals surface area contributed by atoms with Crippen LogP contribution >= 0.6 is 0 Å². The van der Waals surface area contributed by atoms with E-state index in [9.17, 15) is 8.42 Å². The molecular formula is C14H19N3O2S.